The predicted octanol–water partition coefficient (Wildman–Crippen LogP) is 0.641. The smallest absolute Gasteiger partial charge is 0.303 e. The topological polar surface area (TPSA) is 139 Å². The Kier molecular flexibility index (Phi) is 11.8. The molecule has 0 spiro atoms. The molecule has 0 saturated heterocycles. The van der Waals surface area contributed by atoms with E-state index in [0.29, 0.717) is 0 Å². The van der Waals surface area contributed by atoms with Gasteiger partial charge in [-0.3, -0.25) is 28.8 Å². The molecule has 0 unspecified atom stereocenters. The van der Waals surface area contributed by atoms with Crippen LogP contribution in [0.3, 0.4) is 0 Å². The quantitative estimate of drug-likeness (QED) is 0.212. The number of halogens is 2. The number of ketones is 2. The fourth-order valence-electron chi connectivity index (χ4n) is 2.13. The van der Waals surface area contributed by atoms with E-state index in [2.05, 4.69) is 31.9 Å². The molecule has 0 aliphatic heterocycles. The highest BCUT2D eigenvalue weighted by molar-refractivity contribution is 9.09. The fourth-order valence-corrected chi connectivity index (χ4v) is 2.77. The summed E-state index contributed by atoms with van der Waals surface area (Å²) in [6, 6.07) is 0. The lowest BCUT2D eigenvalue weighted by Crippen LogP contribution is -2.56. The Labute approximate surface area is 177 Å². The first-order valence-electron chi connectivity index (χ1n) is 7.80. The van der Waals surface area contributed by atoms with Gasteiger partial charge in [0.05, 0.1) is 10.7 Å². The van der Waals surface area contributed by atoms with Gasteiger partial charge in [-0.2, -0.15) is 0 Å². The van der Waals surface area contributed by atoms with E-state index in [0.717, 1.165) is 27.7 Å². The molecule has 0 aromatic heterocycles. The second kappa shape index (κ2) is 12.6. The summed E-state index contributed by atoms with van der Waals surface area (Å²) < 4.78 is 20.0. The molecule has 0 aromatic rings. The lowest BCUT2D eigenvalue weighted by atomic mass is 9.97. The van der Waals surface area contributed by atoms with Crippen LogP contribution >= 0.6 is 31.9 Å². The van der Waals surface area contributed by atoms with Gasteiger partial charge in [0.2, 0.25) is 12.2 Å². The zero-order chi connectivity index (χ0) is 22.0. The van der Waals surface area contributed by atoms with Crippen molar-refractivity contribution in [2.75, 3.05) is 10.7 Å². The second-order valence-corrected chi connectivity index (χ2v) is 6.53. The van der Waals surface area contributed by atoms with Crippen molar-refractivity contribution >= 4 is 67.3 Å². The molecule has 0 heterocycles. The van der Waals surface area contributed by atoms with Crippen LogP contribution in [0.2, 0.25) is 0 Å². The van der Waals surface area contributed by atoms with Gasteiger partial charge in [0.15, 0.2) is 23.8 Å². The first kappa shape index (κ1) is 26.2. The van der Waals surface area contributed by atoms with Gasteiger partial charge in [-0.05, 0) is 0 Å². The molecule has 0 N–H and O–H groups in total. The van der Waals surface area contributed by atoms with E-state index in [-0.39, 0.29) is 10.7 Å². The van der Waals surface area contributed by atoms with Crippen LogP contribution in [-0.2, 0) is 47.7 Å². The number of esters is 4. The number of hydrogen-bond donors (Lipinski definition) is 0. The summed E-state index contributed by atoms with van der Waals surface area (Å²) >= 11 is 5.82. The summed E-state index contributed by atoms with van der Waals surface area (Å²) in [5.74, 6) is -5.12. The van der Waals surface area contributed by atoms with Gasteiger partial charge in [0, 0.05) is 27.7 Å². The standard InChI is InChI=1S/C16H20Br2O10/c1-7(19)25-13(11(23)5-17)15(27-9(3)21)16(28-10(4)22)14(12(24)6-18)26-8(2)20/h13-16H,5-6H2,1-4H3/t13-,14+,15+,16-. The molecular weight excluding hydrogens is 512 g/mol. The molecule has 158 valence electrons. The highest BCUT2D eigenvalue weighted by Crippen LogP contribution is 2.22. The van der Waals surface area contributed by atoms with Crippen molar-refractivity contribution in [3.05, 3.63) is 0 Å². The lowest BCUT2D eigenvalue weighted by molar-refractivity contribution is -0.198. The number of carbonyl (C=O) groups is 6. The normalized spacial score (nSPS) is 14.6. The van der Waals surface area contributed by atoms with Crippen LogP contribution in [-0.4, -0.2) is 70.5 Å². The number of carbonyl (C=O) groups excluding carboxylic acids is 6. The minimum atomic E-state index is -1.75. The average molecular weight is 532 g/mol. The molecule has 0 bridgehead atoms. The van der Waals surface area contributed by atoms with Crippen LogP contribution < -0.4 is 0 Å². The molecule has 0 aliphatic carbocycles. The molecule has 0 radical (unpaired) electrons. The molecule has 0 saturated carbocycles. The molecule has 0 fully saturated rings. The van der Waals surface area contributed by atoms with Gasteiger partial charge in [0.25, 0.3) is 0 Å². The van der Waals surface area contributed by atoms with Crippen molar-refractivity contribution in [3.63, 3.8) is 0 Å². The van der Waals surface area contributed by atoms with Gasteiger partial charge in [0.1, 0.15) is 0 Å². The summed E-state index contributed by atoms with van der Waals surface area (Å²) in [6.07, 6.45) is -6.96. The molecule has 0 rings (SSSR count). The fraction of sp³-hybridized carbons (Fsp3) is 0.625. The summed E-state index contributed by atoms with van der Waals surface area (Å²) in [7, 11) is 0. The number of rotatable bonds is 11. The van der Waals surface area contributed by atoms with Gasteiger partial charge in [-0.25, -0.2) is 0 Å². The summed E-state index contributed by atoms with van der Waals surface area (Å²) in [4.78, 5) is 70.7. The van der Waals surface area contributed by atoms with Gasteiger partial charge in [-0.15, -0.1) is 0 Å². The van der Waals surface area contributed by atoms with Crippen molar-refractivity contribution in [2.24, 2.45) is 0 Å². The van der Waals surface area contributed by atoms with E-state index in [9.17, 15) is 28.8 Å². The molecule has 0 aromatic carbocycles. The third-order valence-corrected chi connectivity index (χ3v) is 4.11. The van der Waals surface area contributed by atoms with Crippen molar-refractivity contribution in [3.8, 4) is 0 Å². The van der Waals surface area contributed by atoms with Crippen LogP contribution in [0.4, 0.5) is 0 Å². The van der Waals surface area contributed by atoms with Crippen molar-refractivity contribution in [1.29, 1.82) is 0 Å². The first-order valence-corrected chi connectivity index (χ1v) is 10.0. The number of alkyl halides is 2. The molecule has 28 heavy (non-hydrogen) atoms. The van der Waals surface area contributed by atoms with Gasteiger partial charge < -0.3 is 18.9 Å². The molecule has 4 atom stereocenters. The van der Waals surface area contributed by atoms with Crippen LogP contribution in [0, 0.1) is 0 Å². The highest BCUT2D eigenvalue weighted by Gasteiger charge is 2.48. The monoisotopic (exact) mass is 530 g/mol. The SMILES string of the molecule is CC(=O)O[C@H]([C@H](OC(C)=O)[C@@H](OC(C)=O)C(=O)CBr)[C@H](OC(C)=O)C(=O)CBr. The summed E-state index contributed by atoms with van der Waals surface area (Å²) in [5, 5.41) is -0.611. The Balaban J connectivity index is 6.41. The highest BCUT2D eigenvalue weighted by atomic mass is 79.9. The van der Waals surface area contributed by atoms with E-state index >= 15 is 0 Å². The molecule has 12 heteroatoms. The predicted molar refractivity (Wildman–Crippen MR) is 99.8 cm³/mol. The summed E-state index contributed by atoms with van der Waals surface area (Å²) in [6.45, 7) is 4.00. The maximum Gasteiger partial charge on any atom is 0.303 e. The van der Waals surface area contributed by atoms with Crippen molar-refractivity contribution < 1.29 is 47.7 Å². The largest absolute Gasteiger partial charge is 0.454 e. The van der Waals surface area contributed by atoms with Crippen molar-refractivity contribution in [1.82, 2.24) is 0 Å². The third-order valence-electron chi connectivity index (χ3n) is 3.01. The van der Waals surface area contributed by atoms with E-state index in [1.165, 1.54) is 0 Å². The Bertz CT molecular complexity index is 579. The number of Topliss-reactive ketones (excluding diaryl/α,β-unsaturated/α-hetero) is 2. The van der Waals surface area contributed by atoms with Crippen LogP contribution in [0.15, 0.2) is 0 Å². The Morgan fingerprint density at radius 2 is 0.821 bits per heavy atom. The van der Waals surface area contributed by atoms with Crippen molar-refractivity contribution in [2.45, 2.75) is 52.1 Å². The molecule has 0 aliphatic rings. The third kappa shape index (κ3) is 8.91. The molecule has 0 amide bonds. The number of hydrogen-bond acceptors (Lipinski definition) is 10. The van der Waals surface area contributed by atoms with Gasteiger partial charge >= 0.3 is 23.9 Å². The van der Waals surface area contributed by atoms with Crippen LogP contribution in [0.1, 0.15) is 27.7 Å². The van der Waals surface area contributed by atoms with E-state index < -0.39 is 59.9 Å². The Morgan fingerprint density at radius 1 is 0.571 bits per heavy atom. The average Bonchev–Trinajstić information content (AvgIpc) is 2.58. The zero-order valence-corrected chi connectivity index (χ0v) is 18.7. The second-order valence-electron chi connectivity index (χ2n) is 5.41. The summed E-state index contributed by atoms with van der Waals surface area (Å²) in [5.41, 5.74) is 0. The van der Waals surface area contributed by atoms with Crippen LogP contribution in [0.5, 0.6) is 0 Å². The minimum absolute atomic E-state index is 0.305. The van der Waals surface area contributed by atoms with Gasteiger partial charge in [-0.1, -0.05) is 31.9 Å². The first-order chi connectivity index (χ1) is 12.9. The maximum absolute atomic E-state index is 12.3. The van der Waals surface area contributed by atoms with E-state index in [1.54, 1.807) is 0 Å². The van der Waals surface area contributed by atoms with E-state index in [1.807, 2.05) is 0 Å². The van der Waals surface area contributed by atoms with E-state index in [4.69, 9.17) is 18.9 Å². The zero-order valence-electron chi connectivity index (χ0n) is 15.6. The Hall–Kier alpha value is -1.82. The minimum Gasteiger partial charge on any atom is -0.454 e. The Morgan fingerprint density at radius 3 is 1.00 bits per heavy atom. The maximum atomic E-state index is 12.3. The number of ether oxygens (including phenoxy) is 4. The molecule has 10 nitrogen and oxygen atoms in total. The van der Waals surface area contributed by atoms with Crippen LogP contribution in [0.25, 0.3) is 0 Å². The molecular formula is C16H20Br2O10. The lowest BCUT2D eigenvalue weighted by Gasteiger charge is -2.34.